The molecule has 0 unspecified atom stereocenters. The lowest BCUT2D eigenvalue weighted by molar-refractivity contribution is 0.0948. The molecule has 1 amide bonds. The number of carbonyl (C=O) groups excluding carboxylic acids is 1. The zero-order valence-electron chi connectivity index (χ0n) is 11.9. The highest BCUT2D eigenvalue weighted by Crippen LogP contribution is 2.19. The first-order valence-electron chi connectivity index (χ1n) is 6.91. The fourth-order valence-corrected chi connectivity index (χ4v) is 2.48. The van der Waals surface area contributed by atoms with Gasteiger partial charge in [-0.3, -0.25) is 9.48 Å². The van der Waals surface area contributed by atoms with Crippen LogP contribution < -0.4 is 5.32 Å². The van der Waals surface area contributed by atoms with Crippen molar-refractivity contribution >= 4 is 17.5 Å². The van der Waals surface area contributed by atoms with Crippen LogP contribution in [0.1, 0.15) is 22.2 Å². The van der Waals surface area contributed by atoms with Crippen LogP contribution in [0.2, 0.25) is 5.02 Å². The molecule has 0 saturated heterocycles. The smallest absolute Gasteiger partial charge is 0.252 e. The van der Waals surface area contributed by atoms with Gasteiger partial charge in [0.1, 0.15) is 17.6 Å². The van der Waals surface area contributed by atoms with Crippen LogP contribution in [-0.4, -0.2) is 22.2 Å². The number of rotatable bonds is 5. The van der Waals surface area contributed by atoms with Gasteiger partial charge in [0, 0.05) is 18.9 Å². The van der Waals surface area contributed by atoms with Crippen molar-refractivity contribution in [1.82, 2.24) is 15.1 Å². The predicted octanol–water partition coefficient (Wildman–Crippen LogP) is 3.29. The number of hydrogen-bond donors (Lipinski definition) is 1. The summed E-state index contributed by atoms with van der Waals surface area (Å²) < 4.78 is 20.2. The maximum atomic E-state index is 13.1. The van der Waals surface area contributed by atoms with E-state index in [0.717, 1.165) is 6.07 Å². The van der Waals surface area contributed by atoms with Crippen molar-refractivity contribution in [2.45, 2.75) is 6.04 Å². The summed E-state index contributed by atoms with van der Waals surface area (Å²) in [6, 6.07) is 8.72. The first-order chi connectivity index (χ1) is 11.1. The van der Waals surface area contributed by atoms with E-state index in [1.807, 2.05) is 6.07 Å². The average molecular weight is 334 g/mol. The van der Waals surface area contributed by atoms with E-state index in [1.165, 1.54) is 12.1 Å². The van der Waals surface area contributed by atoms with E-state index in [0.29, 0.717) is 5.76 Å². The number of amides is 1. The van der Waals surface area contributed by atoms with Gasteiger partial charge in [-0.05, 0) is 36.4 Å². The van der Waals surface area contributed by atoms with Crippen LogP contribution >= 0.6 is 11.6 Å². The third-order valence-corrected chi connectivity index (χ3v) is 3.66. The fraction of sp³-hybridized carbons (Fsp3) is 0.125. The predicted molar refractivity (Wildman–Crippen MR) is 82.8 cm³/mol. The van der Waals surface area contributed by atoms with Crippen LogP contribution in [0.5, 0.6) is 0 Å². The summed E-state index contributed by atoms with van der Waals surface area (Å²) in [6.45, 7) is 0.252. The number of aromatic nitrogens is 2. The molecule has 3 rings (SSSR count). The first kappa shape index (κ1) is 15.3. The Hall–Kier alpha value is -2.60. The highest BCUT2D eigenvalue weighted by Gasteiger charge is 2.19. The van der Waals surface area contributed by atoms with Gasteiger partial charge in [-0.15, -0.1) is 0 Å². The van der Waals surface area contributed by atoms with Gasteiger partial charge in [-0.2, -0.15) is 5.10 Å². The molecule has 23 heavy (non-hydrogen) atoms. The standard InChI is InChI=1S/C16H13ClFN3O2/c17-13-9-11(18)4-5-12(13)16(22)19-10-14(15-3-1-8-23-15)21-7-2-6-20-21/h1-9,14H,10H2,(H,19,22)/t14-/m1/s1. The van der Waals surface area contributed by atoms with Crippen molar-refractivity contribution in [2.75, 3.05) is 6.54 Å². The normalized spacial score (nSPS) is 12.1. The largest absolute Gasteiger partial charge is 0.467 e. The summed E-state index contributed by atoms with van der Waals surface area (Å²) in [4.78, 5) is 12.2. The zero-order chi connectivity index (χ0) is 16.2. The van der Waals surface area contributed by atoms with Crippen molar-refractivity contribution in [2.24, 2.45) is 0 Å². The molecule has 0 fully saturated rings. The quantitative estimate of drug-likeness (QED) is 0.779. The number of nitrogens with one attached hydrogen (secondary N) is 1. The van der Waals surface area contributed by atoms with Gasteiger partial charge in [0.25, 0.3) is 5.91 Å². The number of halogens is 2. The Labute approximate surface area is 136 Å². The minimum absolute atomic E-state index is 0.0659. The Morgan fingerprint density at radius 3 is 2.91 bits per heavy atom. The summed E-state index contributed by atoms with van der Waals surface area (Å²) >= 11 is 5.90. The highest BCUT2D eigenvalue weighted by molar-refractivity contribution is 6.33. The molecule has 3 aromatic rings. The maximum Gasteiger partial charge on any atom is 0.252 e. The number of carbonyl (C=O) groups is 1. The van der Waals surface area contributed by atoms with Gasteiger partial charge in [-0.1, -0.05) is 11.6 Å². The Balaban J connectivity index is 1.75. The molecule has 0 saturated carbocycles. The molecular formula is C16H13ClFN3O2. The van der Waals surface area contributed by atoms with Gasteiger partial charge < -0.3 is 9.73 Å². The topological polar surface area (TPSA) is 60.1 Å². The van der Waals surface area contributed by atoms with Crippen molar-refractivity contribution in [1.29, 1.82) is 0 Å². The SMILES string of the molecule is O=C(NC[C@H](c1ccco1)n1cccn1)c1ccc(F)cc1Cl. The Bertz CT molecular complexity index is 754. The minimum atomic E-state index is -0.489. The van der Waals surface area contributed by atoms with Crippen molar-refractivity contribution in [3.63, 3.8) is 0 Å². The second-order valence-electron chi connectivity index (χ2n) is 4.85. The molecular weight excluding hydrogens is 321 g/mol. The van der Waals surface area contributed by atoms with Gasteiger partial charge in [0.05, 0.1) is 16.8 Å². The van der Waals surface area contributed by atoms with E-state index in [-0.39, 0.29) is 23.2 Å². The van der Waals surface area contributed by atoms with Crippen LogP contribution in [0.25, 0.3) is 0 Å². The van der Waals surface area contributed by atoms with E-state index in [9.17, 15) is 9.18 Å². The first-order valence-corrected chi connectivity index (χ1v) is 7.28. The lowest BCUT2D eigenvalue weighted by Crippen LogP contribution is -2.31. The second kappa shape index (κ2) is 6.66. The summed E-state index contributed by atoms with van der Waals surface area (Å²) in [5.41, 5.74) is 0.215. The summed E-state index contributed by atoms with van der Waals surface area (Å²) in [5, 5.41) is 7.02. The molecule has 5 nitrogen and oxygen atoms in total. The molecule has 118 valence electrons. The fourth-order valence-electron chi connectivity index (χ4n) is 2.23. The van der Waals surface area contributed by atoms with Crippen LogP contribution in [0.15, 0.2) is 59.5 Å². The molecule has 1 aromatic carbocycles. The Morgan fingerprint density at radius 1 is 1.39 bits per heavy atom. The number of nitrogens with zero attached hydrogens (tertiary/aromatic N) is 2. The van der Waals surface area contributed by atoms with E-state index < -0.39 is 11.7 Å². The number of hydrogen-bond acceptors (Lipinski definition) is 3. The average Bonchev–Trinajstić information content (AvgIpc) is 3.21. The van der Waals surface area contributed by atoms with Gasteiger partial charge in [0.2, 0.25) is 0 Å². The molecule has 1 atom stereocenters. The zero-order valence-corrected chi connectivity index (χ0v) is 12.7. The minimum Gasteiger partial charge on any atom is -0.467 e. The Kier molecular flexibility index (Phi) is 4.43. The van der Waals surface area contributed by atoms with E-state index in [4.69, 9.17) is 16.0 Å². The van der Waals surface area contributed by atoms with Gasteiger partial charge >= 0.3 is 0 Å². The molecule has 0 bridgehead atoms. The Morgan fingerprint density at radius 2 is 2.26 bits per heavy atom. The van der Waals surface area contributed by atoms with Crippen molar-refractivity contribution in [3.05, 3.63) is 77.2 Å². The third-order valence-electron chi connectivity index (χ3n) is 3.35. The van der Waals surface area contributed by atoms with E-state index >= 15 is 0 Å². The number of benzene rings is 1. The molecule has 7 heteroatoms. The molecule has 0 radical (unpaired) electrons. The van der Waals surface area contributed by atoms with Crippen LogP contribution in [-0.2, 0) is 0 Å². The lowest BCUT2D eigenvalue weighted by Gasteiger charge is -2.16. The van der Waals surface area contributed by atoms with E-state index in [2.05, 4.69) is 10.4 Å². The van der Waals surface area contributed by atoms with Crippen LogP contribution in [0, 0.1) is 5.82 Å². The monoisotopic (exact) mass is 333 g/mol. The second-order valence-corrected chi connectivity index (χ2v) is 5.26. The maximum absolute atomic E-state index is 13.1. The highest BCUT2D eigenvalue weighted by atomic mass is 35.5. The molecule has 0 spiro atoms. The molecule has 0 aliphatic heterocycles. The summed E-state index contributed by atoms with van der Waals surface area (Å²) in [7, 11) is 0. The van der Waals surface area contributed by atoms with Gasteiger partial charge in [0.15, 0.2) is 0 Å². The third kappa shape index (κ3) is 3.43. The van der Waals surface area contributed by atoms with Crippen molar-refractivity contribution < 1.29 is 13.6 Å². The molecule has 0 aliphatic rings. The van der Waals surface area contributed by atoms with E-state index in [1.54, 1.807) is 35.5 Å². The van der Waals surface area contributed by atoms with Crippen LogP contribution in [0.4, 0.5) is 4.39 Å². The van der Waals surface area contributed by atoms with Crippen LogP contribution in [0.3, 0.4) is 0 Å². The summed E-state index contributed by atoms with van der Waals surface area (Å²) in [5.74, 6) is -0.213. The number of furan rings is 1. The molecule has 2 aromatic heterocycles. The van der Waals surface area contributed by atoms with Gasteiger partial charge in [-0.25, -0.2) is 4.39 Å². The lowest BCUT2D eigenvalue weighted by atomic mass is 10.2. The molecule has 2 heterocycles. The molecule has 1 N–H and O–H groups in total. The summed E-state index contributed by atoms with van der Waals surface area (Å²) in [6.07, 6.45) is 4.99. The molecule has 0 aliphatic carbocycles. The van der Waals surface area contributed by atoms with Crippen molar-refractivity contribution in [3.8, 4) is 0 Å².